The Morgan fingerprint density at radius 1 is 1.38 bits per heavy atom. The van der Waals surface area contributed by atoms with E-state index >= 15 is 0 Å². The normalized spacial score (nSPS) is 9.94. The molecule has 0 spiro atoms. The summed E-state index contributed by atoms with van der Waals surface area (Å²) in [7, 11) is 0. The van der Waals surface area contributed by atoms with Crippen molar-refractivity contribution < 1.29 is 20.1 Å². The van der Waals surface area contributed by atoms with E-state index in [0.29, 0.717) is 5.69 Å². The summed E-state index contributed by atoms with van der Waals surface area (Å²) in [4.78, 5) is 3.46. The minimum atomic E-state index is 0. The van der Waals surface area contributed by atoms with E-state index in [2.05, 4.69) is 21.1 Å². The van der Waals surface area contributed by atoms with Crippen LogP contribution in [0.25, 0.3) is 21.3 Å². The third-order valence-corrected chi connectivity index (χ3v) is 2.33. The molecule has 0 aliphatic carbocycles. The first-order chi connectivity index (χ1) is 7.40. The minimum absolute atomic E-state index is 0. The number of benzene rings is 1. The van der Waals surface area contributed by atoms with Gasteiger partial charge in [-0.2, -0.15) is 11.2 Å². The van der Waals surface area contributed by atoms with Gasteiger partial charge in [-0.15, -0.1) is 22.6 Å². The summed E-state index contributed by atoms with van der Waals surface area (Å²) in [5, 5.41) is 9.53. The Hall–Kier alpha value is -1.76. The van der Waals surface area contributed by atoms with Gasteiger partial charge in [0.05, 0.1) is 12.2 Å². The van der Waals surface area contributed by atoms with Gasteiger partial charge in [0.1, 0.15) is 12.0 Å². The minimum Gasteiger partial charge on any atom is -0.330 e. The van der Waals surface area contributed by atoms with Crippen molar-refractivity contribution in [3.63, 3.8) is 0 Å². The molecule has 1 radical (unpaired) electrons. The Morgan fingerprint density at radius 3 is 3.06 bits per heavy atom. The molecular formula is C11H5IrN4-. The van der Waals surface area contributed by atoms with E-state index < -0.39 is 0 Å². The number of pyridine rings is 1. The molecule has 3 rings (SSSR count). The molecule has 2 heterocycles. The average molecular weight is 385 g/mol. The first-order valence-electron chi connectivity index (χ1n) is 4.40. The van der Waals surface area contributed by atoms with Crippen LogP contribution in [0.3, 0.4) is 0 Å². The molecule has 2 aromatic heterocycles. The first-order valence-corrected chi connectivity index (χ1v) is 4.40. The fourth-order valence-corrected chi connectivity index (χ4v) is 1.64. The molecule has 0 aliphatic heterocycles. The number of hydrogen-bond donors (Lipinski definition) is 0. The zero-order valence-corrected chi connectivity index (χ0v) is 10.4. The van der Waals surface area contributed by atoms with E-state index in [4.69, 9.17) is 6.57 Å². The molecule has 0 N–H and O–H groups in total. The Balaban J connectivity index is 0.000000963. The second-order valence-electron chi connectivity index (χ2n) is 3.14. The summed E-state index contributed by atoms with van der Waals surface area (Å²) in [5.41, 5.74) is 1.35. The number of rotatable bonds is 0. The maximum Gasteiger partial charge on any atom is 0.115 e. The third kappa shape index (κ3) is 1.40. The van der Waals surface area contributed by atoms with Gasteiger partial charge in [-0.3, -0.25) is 4.85 Å². The molecule has 0 bridgehead atoms. The van der Waals surface area contributed by atoms with Crippen LogP contribution in [0.5, 0.6) is 0 Å². The summed E-state index contributed by atoms with van der Waals surface area (Å²) in [6.45, 7) is 7.07. The van der Waals surface area contributed by atoms with E-state index in [1.54, 1.807) is 18.5 Å². The third-order valence-electron chi connectivity index (χ3n) is 2.33. The van der Waals surface area contributed by atoms with Crippen molar-refractivity contribution >= 4 is 22.1 Å². The molecule has 4 nitrogen and oxygen atoms in total. The van der Waals surface area contributed by atoms with E-state index in [9.17, 15) is 0 Å². The van der Waals surface area contributed by atoms with Crippen molar-refractivity contribution in [2.24, 2.45) is 0 Å². The Morgan fingerprint density at radius 2 is 2.25 bits per heavy atom. The molecule has 0 unspecified atom stereocenters. The fraction of sp³-hybridized carbons (Fsp3) is 0. The Labute approximate surface area is 105 Å². The van der Waals surface area contributed by atoms with Crippen LogP contribution in [0, 0.1) is 12.6 Å². The molecular weight excluding hydrogens is 380 g/mol. The number of hydrogen-bond acceptors (Lipinski definition) is 2. The fourth-order valence-electron chi connectivity index (χ4n) is 1.64. The van der Waals surface area contributed by atoms with E-state index in [0.717, 1.165) is 16.4 Å². The quantitative estimate of drug-likeness (QED) is 0.557. The van der Waals surface area contributed by atoms with Crippen molar-refractivity contribution in [1.29, 1.82) is 0 Å². The average Bonchev–Trinajstić information content (AvgIpc) is 2.76. The van der Waals surface area contributed by atoms with Crippen LogP contribution in [-0.2, 0) is 20.1 Å². The molecule has 0 saturated heterocycles. The van der Waals surface area contributed by atoms with Crippen molar-refractivity contribution in [3.05, 3.63) is 48.2 Å². The molecule has 0 aliphatic rings. The van der Waals surface area contributed by atoms with Crippen molar-refractivity contribution in [1.82, 2.24) is 14.6 Å². The second kappa shape index (κ2) is 4.01. The number of nitrogens with zero attached hydrogens (tertiary/aromatic N) is 4. The second-order valence-corrected chi connectivity index (χ2v) is 3.14. The van der Waals surface area contributed by atoms with Gasteiger partial charge in [0.25, 0.3) is 0 Å². The molecule has 5 heteroatoms. The van der Waals surface area contributed by atoms with Crippen LogP contribution >= 0.6 is 0 Å². The van der Waals surface area contributed by atoms with Crippen molar-refractivity contribution in [3.8, 4) is 0 Å². The Bertz CT molecular complexity index is 696. The largest absolute Gasteiger partial charge is 0.330 e. The van der Waals surface area contributed by atoms with E-state index in [1.165, 1.54) is 0 Å². The topological polar surface area (TPSA) is 34.5 Å². The van der Waals surface area contributed by atoms with Crippen molar-refractivity contribution in [2.75, 3.05) is 0 Å². The van der Waals surface area contributed by atoms with Crippen LogP contribution in [0.4, 0.5) is 5.69 Å². The molecule has 0 amide bonds. The van der Waals surface area contributed by atoms with E-state index in [1.807, 2.05) is 16.7 Å². The standard InChI is InChI=1S/C11H5N4.Ir/c1-12-10-4-2-3-9-8(10)5-6-15-7-13-14-11(9)15;/h2,4-7H;/q-1;. The summed E-state index contributed by atoms with van der Waals surface area (Å²) < 4.78 is 1.81. The molecule has 3 aromatic rings. The van der Waals surface area contributed by atoms with Gasteiger partial charge in [-0.1, -0.05) is 11.5 Å². The molecule has 16 heavy (non-hydrogen) atoms. The van der Waals surface area contributed by atoms with Crippen LogP contribution < -0.4 is 0 Å². The SMILES string of the molecule is [C-]#[N+]c1cc[c-]c2c1ccn1cnnc21.[Ir]. The van der Waals surface area contributed by atoms with Gasteiger partial charge in [-0.25, -0.2) is 0 Å². The van der Waals surface area contributed by atoms with Gasteiger partial charge in [-0.05, 0) is 6.20 Å². The summed E-state index contributed by atoms with van der Waals surface area (Å²) in [6.07, 6.45) is 3.48. The molecule has 79 valence electrons. The van der Waals surface area contributed by atoms with Gasteiger partial charge in [0.15, 0.2) is 0 Å². The van der Waals surface area contributed by atoms with Gasteiger partial charge in [0.2, 0.25) is 0 Å². The maximum atomic E-state index is 7.07. The zero-order valence-electron chi connectivity index (χ0n) is 8.01. The first kappa shape index (κ1) is 10.7. The smallest absolute Gasteiger partial charge is 0.115 e. The molecule has 0 atom stereocenters. The predicted molar refractivity (Wildman–Crippen MR) is 55.6 cm³/mol. The number of aromatic nitrogens is 3. The van der Waals surface area contributed by atoms with Crippen LogP contribution in [0.15, 0.2) is 30.7 Å². The molecule has 1 aromatic carbocycles. The predicted octanol–water partition coefficient (Wildman–Crippen LogP) is 2.23. The summed E-state index contributed by atoms with van der Waals surface area (Å²) in [6, 6.07) is 8.47. The summed E-state index contributed by atoms with van der Waals surface area (Å²) in [5.74, 6) is 0. The maximum absolute atomic E-state index is 7.07. The van der Waals surface area contributed by atoms with Crippen LogP contribution in [-0.4, -0.2) is 14.6 Å². The summed E-state index contributed by atoms with van der Waals surface area (Å²) >= 11 is 0. The van der Waals surface area contributed by atoms with Crippen LogP contribution in [0.2, 0.25) is 0 Å². The van der Waals surface area contributed by atoms with Crippen LogP contribution in [0.1, 0.15) is 0 Å². The number of fused-ring (bicyclic) bond motifs is 3. The molecule has 0 fully saturated rings. The molecule has 0 saturated carbocycles. The zero-order chi connectivity index (χ0) is 10.3. The van der Waals surface area contributed by atoms with Gasteiger partial charge >= 0.3 is 0 Å². The Kier molecular flexibility index (Phi) is 2.69. The monoisotopic (exact) mass is 386 g/mol. The van der Waals surface area contributed by atoms with E-state index in [-0.39, 0.29) is 20.1 Å². The van der Waals surface area contributed by atoms with Gasteiger partial charge in [0, 0.05) is 20.1 Å². The van der Waals surface area contributed by atoms with Crippen molar-refractivity contribution in [2.45, 2.75) is 0 Å². The van der Waals surface area contributed by atoms with Gasteiger partial charge < -0.3 is 4.40 Å².